The number of nitrogens with one attached hydrogen (secondary N) is 3. The Kier molecular flexibility index (Phi) is 7.16. The van der Waals surface area contributed by atoms with Gasteiger partial charge in [0.25, 0.3) is 5.91 Å². The first-order valence-electron chi connectivity index (χ1n) is 9.49. The fraction of sp³-hybridized carbons (Fsp3) is 0.136. The number of carbonyl (C=O) groups excluding carboxylic acids is 1. The highest BCUT2D eigenvalue weighted by Gasteiger charge is 2.27. The van der Waals surface area contributed by atoms with Crippen molar-refractivity contribution in [3.8, 4) is 0 Å². The summed E-state index contributed by atoms with van der Waals surface area (Å²) in [6.07, 6.45) is -4.42. The molecular formula is C22H20F3N3O3S. The van der Waals surface area contributed by atoms with Gasteiger partial charge >= 0.3 is 6.18 Å². The maximum atomic E-state index is 12.6. The average Bonchev–Trinajstić information content (AvgIpc) is 2.77. The average molecular weight is 463 g/mol. The summed E-state index contributed by atoms with van der Waals surface area (Å²) in [6, 6.07) is 20.3. The van der Waals surface area contributed by atoms with Crippen molar-refractivity contribution in [1.29, 1.82) is 0 Å². The molecule has 0 aromatic heterocycles. The first-order valence-corrected chi connectivity index (χ1v) is 11.0. The van der Waals surface area contributed by atoms with Crippen molar-refractivity contribution in [3.05, 3.63) is 90.0 Å². The van der Waals surface area contributed by atoms with Gasteiger partial charge in [-0.2, -0.15) is 13.2 Å². The Morgan fingerprint density at radius 1 is 0.844 bits per heavy atom. The Hall–Kier alpha value is -3.37. The zero-order chi connectivity index (χ0) is 23.2. The minimum atomic E-state index is -4.42. The Morgan fingerprint density at radius 3 is 2.19 bits per heavy atom. The van der Waals surface area contributed by atoms with Gasteiger partial charge in [0.1, 0.15) is 6.54 Å². The highest BCUT2D eigenvalue weighted by molar-refractivity contribution is 7.89. The summed E-state index contributed by atoms with van der Waals surface area (Å²) in [6.45, 7) is -1.18. The summed E-state index contributed by atoms with van der Waals surface area (Å²) in [5, 5.41) is 4.75. The molecule has 0 aliphatic carbocycles. The van der Waals surface area contributed by atoms with E-state index in [0.29, 0.717) is 0 Å². The summed E-state index contributed by atoms with van der Waals surface area (Å²) in [5.74, 6) is -0.661. The normalized spacial score (nSPS) is 11.7. The van der Waals surface area contributed by atoms with E-state index in [4.69, 9.17) is 0 Å². The second-order valence-electron chi connectivity index (χ2n) is 6.81. The number of alkyl halides is 3. The van der Waals surface area contributed by atoms with E-state index in [2.05, 4.69) is 15.4 Å². The summed E-state index contributed by atoms with van der Waals surface area (Å²) >= 11 is 0. The number of benzene rings is 3. The van der Waals surface area contributed by atoms with Crippen molar-refractivity contribution in [2.24, 2.45) is 0 Å². The molecule has 0 saturated heterocycles. The van der Waals surface area contributed by atoms with Crippen molar-refractivity contribution >= 4 is 27.3 Å². The molecule has 0 aliphatic heterocycles. The van der Waals surface area contributed by atoms with Gasteiger partial charge in [-0.25, -0.2) is 13.1 Å². The van der Waals surface area contributed by atoms with E-state index in [-0.39, 0.29) is 28.4 Å². The van der Waals surface area contributed by atoms with Gasteiger partial charge < -0.3 is 10.6 Å². The quantitative estimate of drug-likeness (QED) is 0.462. The molecule has 0 fully saturated rings. The van der Waals surface area contributed by atoms with Crippen LogP contribution in [-0.4, -0.2) is 27.0 Å². The van der Waals surface area contributed by atoms with Gasteiger partial charge in [0.15, 0.2) is 0 Å². The molecule has 0 radical (unpaired) electrons. The smallest absolute Gasteiger partial charge is 0.375 e. The maximum absolute atomic E-state index is 12.6. The lowest BCUT2D eigenvalue weighted by Gasteiger charge is -2.14. The van der Waals surface area contributed by atoms with Crippen LogP contribution in [0.5, 0.6) is 0 Å². The summed E-state index contributed by atoms with van der Waals surface area (Å²) in [5.41, 5.74) is 1.04. The van der Waals surface area contributed by atoms with Gasteiger partial charge in [-0.3, -0.25) is 4.79 Å². The monoisotopic (exact) mass is 463 g/mol. The predicted molar refractivity (Wildman–Crippen MR) is 116 cm³/mol. The van der Waals surface area contributed by atoms with Crippen LogP contribution in [0, 0.1) is 0 Å². The second kappa shape index (κ2) is 9.84. The van der Waals surface area contributed by atoms with Crippen LogP contribution in [0.3, 0.4) is 0 Å². The molecule has 0 saturated carbocycles. The third-order valence-electron chi connectivity index (χ3n) is 4.37. The highest BCUT2D eigenvalue weighted by atomic mass is 32.2. The number of carbonyl (C=O) groups is 1. The lowest BCUT2D eigenvalue weighted by Crippen LogP contribution is -2.24. The molecule has 3 aromatic rings. The molecule has 0 spiro atoms. The number of rotatable bonds is 8. The Bertz CT molecular complexity index is 1180. The van der Waals surface area contributed by atoms with E-state index >= 15 is 0 Å². The third kappa shape index (κ3) is 6.56. The molecule has 0 atom stereocenters. The van der Waals surface area contributed by atoms with E-state index in [1.165, 1.54) is 42.5 Å². The zero-order valence-electron chi connectivity index (χ0n) is 16.7. The molecule has 32 heavy (non-hydrogen) atoms. The number of sulfonamides is 1. The van der Waals surface area contributed by atoms with Crippen LogP contribution in [0.2, 0.25) is 0 Å². The SMILES string of the molecule is O=C(Nc1ccccc1NCC(F)(F)F)c1cccc(S(=O)(=O)NCc2ccccc2)c1. The van der Waals surface area contributed by atoms with Crippen molar-refractivity contribution in [3.63, 3.8) is 0 Å². The number of para-hydroxylation sites is 2. The van der Waals surface area contributed by atoms with Crippen LogP contribution < -0.4 is 15.4 Å². The molecule has 1 amide bonds. The lowest BCUT2D eigenvalue weighted by atomic mass is 10.2. The third-order valence-corrected chi connectivity index (χ3v) is 5.77. The standard InChI is InChI=1S/C22H20F3N3O3S/c23-22(24,25)15-26-19-11-4-5-12-20(19)28-21(29)17-9-6-10-18(13-17)32(30,31)27-14-16-7-2-1-3-8-16/h1-13,26-27H,14-15H2,(H,28,29). The number of amides is 1. The molecule has 168 valence electrons. The fourth-order valence-corrected chi connectivity index (χ4v) is 3.86. The fourth-order valence-electron chi connectivity index (χ4n) is 2.80. The highest BCUT2D eigenvalue weighted by Crippen LogP contribution is 2.24. The van der Waals surface area contributed by atoms with Gasteiger partial charge in [-0.15, -0.1) is 0 Å². The number of hydrogen-bond acceptors (Lipinski definition) is 4. The Morgan fingerprint density at radius 2 is 1.50 bits per heavy atom. The van der Waals surface area contributed by atoms with E-state index < -0.39 is 28.7 Å². The molecule has 6 nitrogen and oxygen atoms in total. The molecule has 0 aliphatic rings. The first-order chi connectivity index (χ1) is 15.1. The second-order valence-corrected chi connectivity index (χ2v) is 8.57. The maximum Gasteiger partial charge on any atom is 0.405 e. The van der Waals surface area contributed by atoms with Crippen LogP contribution in [0.4, 0.5) is 24.5 Å². The molecular weight excluding hydrogens is 443 g/mol. The van der Waals surface area contributed by atoms with E-state index in [1.54, 1.807) is 30.3 Å². The largest absolute Gasteiger partial charge is 0.405 e. The Balaban J connectivity index is 1.73. The minimum Gasteiger partial charge on any atom is -0.375 e. The van der Waals surface area contributed by atoms with E-state index in [0.717, 1.165) is 5.56 Å². The molecule has 0 bridgehead atoms. The summed E-state index contributed by atoms with van der Waals surface area (Å²) in [4.78, 5) is 12.5. The van der Waals surface area contributed by atoms with Gasteiger partial charge in [0.05, 0.1) is 16.3 Å². The molecule has 0 unspecified atom stereocenters. The van der Waals surface area contributed by atoms with Crippen LogP contribution >= 0.6 is 0 Å². The van der Waals surface area contributed by atoms with Crippen LogP contribution in [0.15, 0.2) is 83.8 Å². The minimum absolute atomic E-state index is 0.0400. The van der Waals surface area contributed by atoms with Crippen LogP contribution in [0.25, 0.3) is 0 Å². The van der Waals surface area contributed by atoms with Crippen molar-refractivity contribution < 1.29 is 26.4 Å². The van der Waals surface area contributed by atoms with E-state index in [1.807, 2.05) is 6.07 Å². The van der Waals surface area contributed by atoms with Crippen LogP contribution in [-0.2, 0) is 16.6 Å². The number of anilines is 2. The van der Waals surface area contributed by atoms with Crippen molar-refractivity contribution in [1.82, 2.24) is 4.72 Å². The van der Waals surface area contributed by atoms with Crippen LogP contribution in [0.1, 0.15) is 15.9 Å². The molecule has 0 heterocycles. The summed E-state index contributed by atoms with van der Waals surface area (Å²) < 4.78 is 65.2. The molecule has 3 aromatic carbocycles. The summed E-state index contributed by atoms with van der Waals surface area (Å²) in [7, 11) is -3.89. The van der Waals surface area contributed by atoms with Gasteiger partial charge in [-0.1, -0.05) is 48.5 Å². The Labute approximate surface area is 183 Å². The lowest BCUT2D eigenvalue weighted by molar-refractivity contribution is -0.115. The van der Waals surface area contributed by atoms with Crippen molar-refractivity contribution in [2.45, 2.75) is 17.6 Å². The molecule has 3 rings (SSSR count). The number of halogens is 3. The molecule has 10 heteroatoms. The molecule has 3 N–H and O–H groups in total. The topological polar surface area (TPSA) is 87.3 Å². The van der Waals surface area contributed by atoms with E-state index in [9.17, 15) is 26.4 Å². The van der Waals surface area contributed by atoms with Gasteiger partial charge in [-0.05, 0) is 35.9 Å². The van der Waals surface area contributed by atoms with Gasteiger partial charge in [0, 0.05) is 12.1 Å². The number of hydrogen-bond donors (Lipinski definition) is 3. The van der Waals surface area contributed by atoms with Crippen molar-refractivity contribution in [2.75, 3.05) is 17.2 Å². The zero-order valence-corrected chi connectivity index (χ0v) is 17.5. The predicted octanol–water partition coefficient (Wildman–Crippen LogP) is 4.39. The van der Waals surface area contributed by atoms with Gasteiger partial charge in [0.2, 0.25) is 10.0 Å². The first kappa shape index (κ1) is 23.3.